The molecule has 1 amide bonds. The fraction of sp³-hybridized carbons (Fsp3) is 0.118. The van der Waals surface area contributed by atoms with Crippen LogP contribution >= 0.6 is 0 Å². The van der Waals surface area contributed by atoms with Gasteiger partial charge in [-0.2, -0.15) is 15.3 Å². The molecule has 0 saturated heterocycles. The van der Waals surface area contributed by atoms with Crippen LogP contribution in [0.25, 0.3) is 0 Å². The van der Waals surface area contributed by atoms with Crippen molar-refractivity contribution in [3.8, 4) is 0 Å². The number of carbonyl (C=O) groups excluding carboxylic acids is 1. The first kappa shape index (κ1) is 18.6. The zero-order valence-corrected chi connectivity index (χ0v) is 15.0. The van der Waals surface area contributed by atoms with E-state index in [1.807, 2.05) is 0 Å². The van der Waals surface area contributed by atoms with Crippen molar-refractivity contribution in [1.29, 1.82) is 0 Å². The summed E-state index contributed by atoms with van der Waals surface area (Å²) in [6.07, 6.45) is 0. The zero-order valence-electron chi connectivity index (χ0n) is 15.0. The van der Waals surface area contributed by atoms with Gasteiger partial charge >= 0.3 is 0 Å². The van der Waals surface area contributed by atoms with Gasteiger partial charge in [0.05, 0.1) is 22.8 Å². The van der Waals surface area contributed by atoms with E-state index in [1.165, 1.54) is 0 Å². The number of hydrogen-bond acceptors (Lipinski definition) is 8. The Morgan fingerprint density at radius 2 is 1.54 bits per heavy atom. The van der Waals surface area contributed by atoms with Gasteiger partial charge in [0.1, 0.15) is 0 Å². The molecule has 3 rings (SSSR count). The summed E-state index contributed by atoms with van der Waals surface area (Å²) in [6.45, 7) is 1.67. The number of carbonyl (C=O) groups is 1. The van der Waals surface area contributed by atoms with E-state index in [-0.39, 0.29) is 5.96 Å². The Labute approximate surface area is 160 Å². The Bertz CT molecular complexity index is 972. The predicted octanol–water partition coefficient (Wildman–Crippen LogP) is 2.54. The number of amides is 1. The summed E-state index contributed by atoms with van der Waals surface area (Å²) in [5.41, 5.74) is 19.0. The van der Waals surface area contributed by atoms with Crippen LogP contribution in [0, 0.1) is 0 Å². The molecule has 0 saturated carbocycles. The maximum atomic E-state index is 12.4. The van der Waals surface area contributed by atoms with Crippen LogP contribution in [-0.2, 0) is 4.79 Å². The minimum Gasteiger partial charge on any atom is -0.399 e. The van der Waals surface area contributed by atoms with Crippen molar-refractivity contribution >= 4 is 40.3 Å². The molecule has 1 aliphatic heterocycles. The Balaban J connectivity index is 1.67. The maximum Gasteiger partial charge on any atom is 0.298 e. The van der Waals surface area contributed by atoms with Gasteiger partial charge in [-0.25, -0.2) is 4.99 Å². The molecule has 1 aliphatic rings. The molecule has 0 fully saturated rings. The Hall–Kier alpha value is -4.15. The molecule has 28 heavy (non-hydrogen) atoms. The highest BCUT2D eigenvalue weighted by Crippen LogP contribution is 2.22. The first-order valence-corrected chi connectivity index (χ1v) is 8.19. The van der Waals surface area contributed by atoms with E-state index in [9.17, 15) is 4.79 Å². The van der Waals surface area contributed by atoms with Crippen LogP contribution in [-0.4, -0.2) is 28.7 Å². The molecule has 1 heterocycles. The minimum absolute atomic E-state index is 0.0361. The lowest BCUT2D eigenvalue weighted by atomic mass is 10.2. The number of rotatable bonds is 5. The molecule has 11 nitrogen and oxygen atoms in total. The van der Waals surface area contributed by atoms with Gasteiger partial charge in [-0.3, -0.25) is 4.79 Å². The van der Waals surface area contributed by atoms with Crippen LogP contribution in [0.2, 0.25) is 0 Å². The van der Waals surface area contributed by atoms with E-state index in [0.717, 1.165) is 5.12 Å². The van der Waals surface area contributed by atoms with Crippen LogP contribution in [0.3, 0.4) is 0 Å². The Morgan fingerprint density at radius 3 is 2.18 bits per heavy atom. The molecule has 2 aromatic carbocycles. The highest BCUT2D eigenvalue weighted by atomic mass is 16.2. The van der Waals surface area contributed by atoms with Crippen molar-refractivity contribution in [3.05, 3.63) is 48.5 Å². The lowest BCUT2D eigenvalue weighted by Gasteiger charge is -2.04. The van der Waals surface area contributed by atoms with Crippen molar-refractivity contribution < 1.29 is 4.79 Å². The van der Waals surface area contributed by atoms with E-state index in [2.05, 4.69) is 30.7 Å². The average molecular weight is 378 g/mol. The lowest BCUT2D eigenvalue weighted by molar-refractivity contribution is -0.130. The zero-order chi connectivity index (χ0) is 20.1. The number of nitrogens with zero attached hydrogens (tertiary/aromatic N) is 7. The minimum atomic E-state index is -0.859. The summed E-state index contributed by atoms with van der Waals surface area (Å²) in [4.78, 5) is 16.3. The molecule has 1 atom stereocenters. The lowest BCUT2D eigenvalue weighted by Crippen LogP contribution is -2.26. The molecule has 142 valence electrons. The molecule has 0 aromatic heterocycles. The van der Waals surface area contributed by atoms with E-state index in [4.69, 9.17) is 17.2 Å². The molecule has 0 aliphatic carbocycles. The van der Waals surface area contributed by atoms with Gasteiger partial charge in [0.15, 0.2) is 12.0 Å². The SMILES string of the molecule is CC1=NN(N=Nc2ccc(N)cc2)C(=O)C1N=Nc1ccc(N=C(N)N)cc1. The predicted molar refractivity (Wildman–Crippen MR) is 106 cm³/mol. The summed E-state index contributed by atoms with van der Waals surface area (Å²) in [6, 6.07) is 12.6. The molecule has 6 N–H and O–H groups in total. The molecule has 1 unspecified atom stereocenters. The van der Waals surface area contributed by atoms with Gasteiger partial charge in [0, 0.05) is 5.69 Å². The molecule has 0 bridgehead atoms. The monoisotopic (exact) mass is 378 g/mol. The number of guanidine groups is 1. The highest BCUT2D eigenvalue weighted by Gasteiger charge is 2.34. The third kappa shape index (κ3) is 4.52. The summed E-state index contributed by atoms with van der Waals surface area (Å²) >= 11 is 0. The number of azo groups is 1. The number of hydrazone groups is 1. The van der Waals surface area contributed by atoms with Crippen LogP contribution < -0.4 is 17.2 Å². The summed E-state index contributed by atoms with van der Waals surface area (Å²) in [5.74, 6) is -0.483. The van der Waals surface area contributed by atoms with E-state index in [0.29, 0.717) is 28.5 Å². The maximum absolute atomic E-state index is 12.4. The average Bonchev–Trinajstić information content (AvgIpc) is 2.93. The first-order valence-electron chi connectivity index (χ1n) is 8.19. The molecule has 0 spiro atoms. The van der Waals surface area contributed by atoms with E-state index >= 15 is 0 Å². The molecular formula is C17H18N10O. The van der Waals surface area contributed by atoms with Crippen LogP contribution in [0.1, 0.15) is 6.92 Å². The fourth-order valence-corrected chi connectivity index (χ4v) is 2.24. The van der Waals surface area contributed by atoms with Gasteiger partial charge < -0.3 is 17.2 Å². The summed E-state index contributed by atoms with van der Waals surface area (Å²) in [5, 5.41) is 20.9. The standard InChI is InChI=1S/C17H18N10O/c1-10-15(24-22-13-8-6-12(7-9-13)21-17(19)20)16(28)27(25-10)26-23-14-4-2-11(18)3-5-14/h2-9,15H,18H2,1H3,(H4,19,20,21). The third-order valence-electron chi connectivity index (χ3n) is 3.61. The fourth-order valence-electron chi connectivity index (χ4n) is 2.24. The largest absolute Gasteiger partial charge is 0.399 e. The van der Waals surface area contributed by atoms with E-state index in [1.54, 1.807) is 55.5 Å². The van der Waals surface area contributed by atoms with Crippen molar-refractivity contribution in [2.75, 3.05) is 5.73 Å². The Kier molecular flexibility index (Phi) is 5.35. The second-order valence-corrected chi connectivity index (χ2v) is 5.82. The summed E-state index contributed by atoms with van der Waals surface area (Å²) in [7, 11) is 0. The van der Waals surface area contributed by atoms with Crippen LogP contribution in [0.5, 0.6) is 0 Å². The van der Waals surface area contributed by atoms with E-state index < -0.39 is 11.9 Å². The normalized spacial score (nSPS) is 16.8. The van der Waals surface area contributed by atoms with Gasteiger partial charge in [-0.05, 0) is 60.7 Å². The first-order chi connectivity index (χ1) is 13.4. The number of nitrogen functional groups attached to an aromatic ring is 1. The van der Waals surface area contributed by atoms with Crippen molar-refractivity contribution in [1.82, 2.24) is 5.12 Å². The Morgan fingerprint density at radius 1 is 0.964 bits per heavy atom. The topological polar surface area (TPSA) is 173 Å². The van der Waals surface area contributed by atoms with Crippen LogP contribution in [0.4, 0.5) is 22.7 Å². The molecule has 2 aromatic rings. The van der Waals surface area contributed by atoms with Crippen LogP contribution in [0.15, 0.2) is 79.2 Å². The number of hydrogen-bond donors (Lipinski definition) is 3. The van der Waals surface area contributed by atoms with Gasteiger partial charge in [0.2, 0.25) is 0 Å². The van der Waals surface area contributed by atoms with Crippen molar-refractivity contribution in [2.24, 2.45) is 42.1 Å². The summed E-state index contributed by atoms with van der Waals surface area (Å²) < 4.78 is 0. The quantitative estimate of drug-likeness (QED) is 0.314. The van der Waals surface area contributed by atoms with Gasteiger partial charge in [0.25, 0.3) is 5.91 Å². The second kappa shape index (κ2) is 8.03. The number of anilines is 1. The number of benzene rings is 2. The smallest absolute Gasteiger partial charge is 0.298 e. The third-order valence-corrected chi connectivity index (χ3v) is 3.61. The van der Waals surface area contributed by atoms with Crippen molar-refractivity contribution in [3.63, 3.8) is 0 Å². The number of aliphatic imine (C=N–C) groups is 1. The molecular weight excluding hydrogens is 360 g/mol. The molecule has 0 radical (unpaired) electrons. The second-order valence-electron chi connectivity index (χ2n) is 5.82. The molecule has 11 heteroatoms. The van der Waals surface area contributed by atoms with Gasteiger partial charge in [-0.1, -0.05) is 5.12 Å². The number of nitrogens with two attached hydrogens (primary N) is 3. The van der Waals surface area contributed by atoms with Gasteiger partial charge in [-0.15, -0.1) is 5.11 Å². The highest BCUT2D eigenvalue weighted by molar-refractivity contribution is 6.10. The van der Waals surface area contributed by atoms with Crippen molar-refractivity contribution in [2.45, 2.75) is 13.0 Å².